The molecule has 0 bridgehead atoms. The number of hydrogen-bond acceptors (Lipinski definition) is 1. The van der Waals surface area contributed by atoms with Crippen LogP contribution in [0.3, 0.4) is 0 Å². The Morgan fingerprint density at radius 2 is 2.05 bits per heavy atom. The SMILES string of the molecule is CCNCC1(CCC(C)C)CCCc2ccccc21. The Labute approximate surface area is 118 Å². The van der Waals surface area contributed by atoms with Crippen LogP contribution in [0.5, 0.6) is 0 Å². The first-order valence-corrected chi connectivity index (χ1v) is 7.97. The second-order valence-corrected chi connectivity index (χ2v) is 6.50. The van der Waals surface area contributed by atoms with Crippen molar-refractivity contribution in [2.24, 2.45) is 5.92 Å². The Morgan fingerprint density at radius 1 is 1.26 bits per heavy atom. The van der Waals surface area contributed by atoms with Crippen molar-refractivity contribution >= 4 is 0 Å². The van der Waals surface area contributed by atoms with Crippen LogP contribution < -0.4 is 5.32 Å². The van der Waals surface area contributed by atoms with Crippen LogP contribution in [-0.4, -0.2) is 13.1 Å². The Bertz CT molecular complexity index is 396. The topological polar surface area (TPSA) is 12.0 Å². The van der Waals surface area contributed by atoms with Gasteiger partial charge in [0.25, 0.3) is 0 Å². The van der Waals surface area contributed by atoms with Crippen LogP contribution in [0.4, 0.5) is 0 Å². The summed E-state index contributed by atoms with van der Waals surface area (Å²) in [7, 11) is 0. The summed E-state index contributed by atoms with van der Waals surface area (Å²) in [6.07, 6.45) is 6.63. The van der Waals surface area contributed by atoms with E-state index in [1.807, 2.05) is 0 Å². The predicted octanol–water partition coefficient (Wildman–Crippen LogP) is 4.31. The van der Waals surface area contributed by atoms with Crippen molar-refractivity contribution in [3.05, 3.63) is 35.4 Å². The third-order valence-electron chi connectivity index (χ3n) is 4.60. The van der Waals surface area contributed by atoms with E-state index in [2.05, 4.69) is 50.4 Å². The number of nitrogens with one attached hydrogen (secondary N) is 1. The molecule has 0 fully saturated rings. The van der Waals surface area contributed by atoms with Gasteiger partial charge in [0.05, 0.1) is 0 Å². The molecule has 106 valence electrons. The zero-order valence-corrected chi connectivity index (χ0v) is 12.8. The molecule has 1 aliphatic carbocycles. The molecule has 0 radical (unpaired) electrons. The third-order valence-corrected chi connectivity index (χ3v) is 4.60. The molecule has 0 aromatic heterocycles. The molecule has 1 aromatic carbocycles. The molecule has 1 aromatic rings. The Morgan fingerprint density at radius 3 is 2.79 bits per heavy atom. The van der Waals surface area contributed by atoms with Crippen molar-refractivity contribution in [1.82, 2.24) is 5.32 Å². The molecule has 19 heavy (non-hydrogen) atoms. The van der Waals surface area contributed by atoms with Crippen molar-refractivity contribution < 1.29 is 0 Å². The van der Waals surface area contributed by atoms with Crippen LogP contribution in [-0.2, 0) is 11.8 Å². The van der Waals surface area contributed by atoms with E-state index in [0.717, 1.165) is 19.0 Å². The summed E-state index contributed by atoms with van der Waals surface area (Å²) in [6.45, 7) is 9.12. The smallest absolute Gasteiger partial charge is 0.00807 e. The average molecular weight is 259 g/mol. The second kappa shape index (κ2) is 6.56. The van der Waals surface area contributed by atoms with Gasteiger partial charge >= 0.3 is 0 Å². The summed E-state index contributed by atoms with van der Waals surface area (Å²) in [5.74, 6) is 0.799. The van der Waals surface area contributed by atoms with Gasteiger partial charge in [-0.05, 0) is 49.3 Å². The number of benzene rings is 1. The fourth-order valence-corrected chi connectivity index (χ4v) is 3.47. The van der Waals surface area contributed by atoms with E-state index in [1.54, 1.807) is 11.1 Å². The van der Waals surface area contributed by atoms with Gasteiger partial charge in [0.2, 0.25) is 0 Å². The molecule has 1 N–H and O–H groups in total. The minimum atomic E-state index is 0.384. The van der Waals surface area contributed by atoms with Gasteiger partial charge in [-0.25, -0.2) is 0 Å². The predicted molar refractivity (Wildman–Crippen MR) is 83.7 cm³/mol. The number of rotatable bonds is 6. The Balaban J connectivity index is 2.27. The first kappa shape index (κ1) is 14.6. The van der Waals surface area contributed by atoms with E-state index in [1.165, 1.54) is 32.1 Å². The van der Waals surface area contributed by atoms with Gasteiger partial charge in [0, 0.05) is 12.0 Å². The quantitative estimate of drug-likeness (QED) is 0.803. The van der Waals surface area contributed by atoms with Crippen LogP contribution in [0.1, 0.15) is 57.6 Å². The Kier molecular flexibility index (Phi) is 5.04. The minimum Gasteiger partial charge on any atom is -0.316 e. The van der Waals surface area contributed by atoms with Gasteiger partial charge in [0.1, 0.15) is 0 Å². The van der Waals surface area contributed by atoms with E-state index >= 15 is 0 Å². The lowest BCUT2D eigenvalue weighted by atomic mass is 9.66. The first-order valence-electron chi connectivity index (χ1n) is 7.97. The molecule has 1 atom stereocenters. The number of fused-ring (bicyclic) bond motifs is 1. The van der Waals surface area contributed by atoms with Crippen molar-refractivity contribution in [2.45, 2.75) is 58.3 Å². The van der Waals surface area contributed by atoms with Gasteiger partial charge in [-0.1, -0.05) is 51.5 Å². The van der Waals surface area contributed by atoms with E-state index in [0.29, 0.717) is 5.41 Å². The van der Waals surface area contributed by atoms with Gasteiger partial charge in [0.15, 0.2) is 0 Å². The van der Waals surface area contributed by atoms with Crippen molar-refractivity contribution in [2.75, 3.05) is 13.1 Å². The summed E-state index contributed by atoms with van der Waals surface area (Å²) in [4.78, 5) is 0. The largest absolute Gasteiger partial charge is 0.316 e. The average Bonchev–Trinajstić information content (AvgIpc) is 2.43. The highest BCUT2D eigenvalue weighted by molar-refractivity contribution is 5.37. The van der Waals surface area contributed by atoms with Crippen molar-refractivity contribution in [1.29, 1.82) is 0 Å². The molecular weight excluding hydrogens is 230 g/mol. The van der Waals surface area contributed by atoms with Crippen molar-refractivity contribution in [3.8, 4) is 0 Å². The standard InChI is InChI=1S/C18H29N/c1-4-19-14-18(13-11-15(2)3)12-7-9-16-8-5-6-10-17(16)18/h5-6,8,10,15,19H,4,7,9,11-14H2,1-3H3. The summed E-state index contributed by atoms with van der Waals surface area (Å²) in [5, 5.41) is 3.62. The fourth-order valence-electron chi connectivity index (χ4n) is 3.47. The summed E-state index contributed by atoms with van der Waals surface area (Å²) in [6, 6.07) is 9.14. The molecule has 0 saturated carbocycles. The van der Waals surface area contributed by atoms with E-state index < -0.39 is 0 Å². The molecule has 0 saturated heterocycles. The number of hydrogen-bond donors (Lipinski definition) is 1. The molecule has 0 heterocycles. The fraction of sp³-hybridized carbons (Fsp3) is 0.667. The highest BCUT2D eigenvalue weighted by Gasteiger charge is 2.35. The van der Waals surface area contributed by atoms with Crippen molar-refractivity contribution in [3.63, 3.8) is 0 Å². The minimum absolute atomic E-state index is 0.384. The number of likely N-dealkylation sites (N-methyl/N-ethyl adjacent to an activating group) is 1. The highest BCUT2D eigenvalue weighted by atomic mass is 14.9. The molecule has 0 amide bonds. The maximum absolute atomic E-state index is 3.62. The van der Waals surface area contributed by atoms with Gasteiger partial charge < -0.3 is 5.32 Å². The monoisotopic (exact) mass is 259 g/mol. The summed E-state index contributed by atoms with van der Waals surface area (Å²) in [5.41, 5.74) is 3.60. The summed E-state index contributed by atoms with van der Waals surface area (Å²) < 4.78 is 0. The van der Waals surface area contributed by atoms with Crippen LogP contribution >= 0.6 is 0 Å². The maximum Gasteiger partial charge on any atom is 0.00807 e. The molecule has 1 aliphatic rings. The van der Waals surface area contributed by atoms with Gasteiger partial charge in [-0.2, -0.15) is 0 Å². The van der Waals surface area contributed by atoms with Crippen LogP contribution in [0.25, 0.3) is 0 Å². The van der Waals surface area contributed by atoms with E-state index in [9.17, 15) is 0 Å². The zero-order chi connectivity index (χ0) is 13.7. The van der Waals surface area contributed by atoms with Crippen LogP contribution in [0, 0.1) is 5.92 Å². The highest BCUT2D eigenvalue weighted by Crippen LogP contribution is 2.41. The summed E-state index contributed by atoms with van der Waals surface area (Å²) >= 11 is 0. The molecular formula is C18H29N. The lowest BCUT2D eigenvalue weighted by Crippen LogP contribution is -2.41. The second-order valence-electron chi connectivity index (χ2n) is 6.50. The lowest BCUT2D eigenvalue weighted by molar-refractivity contribution is 0.296. The number of aryl methyl sites for hydroxylation is 1. The molecule has 1 unspecified atom stereocenters. The first-order chi connectivity index (χ1) is 9.18. The van der Waals surface area contributed by atoms with Gasteiger partial charge in [-0.3, -0.25) is 0 Å². The maximum atomic E-state index is 3.62. The Hall–Kier alpha value is -0.820. The molecule has 2 rings (SSSR count). The van der Waals surface area contributed by atoms with Gasteiger partial charge in [-0.15, -0.1) is 0 Å². The molecule has 1 nitrogen and oxygen atoms in total. The molecule has 0 aliphatic heterocycles. The van der Waals surface area contributed by atoms with Crippen LogP contribution in [0.15, 0.2) is 24.3 Å². The van der Waals surface area contributed by atoms with E-state index in [-0.39, 0.29) is 0 Å². The molecule has 0 spiro atoms. The van der Waals surface area contributed by atoms with E-state index in [4.69, 9.17) is 0 Å². The van der Waals surface area contributed by atoms with Crippen LogP contribution in [0.2, 0.25) is 0 Å². The third kappa shape index (κ3) is 3.39. The normalized spacial score (nSPS) is 22.5. The lowest BCUT2D eigenvalue weighted by Gasteiger charge is -2.40. The zero-order valence-electron chi connectivity index (χ0n) is 12.8. The molecule has 1 heteroatoms.